The maximum Gasteiger partial charge on any atom is 0.126 e. The first kappa shape index (κ1) is 19.5. The minimum absolute atomic E-state index is 0.123. The minimum Gasteiger partial charge on any atom is -0.497 e. The summed E-state index contributed by atoms with van der Waals surface area (Å²) < 4.78 is 11.0. The van der Waals surface area contributed by atoms with E-state index in [-0.39, 0.29) is 5.92 Å². The standard InChI is InChI=1S/C21H20O2.C2H7N/c1-22-18-13-14-19(20(15-18)23-2)21(16-9-5-3-6-10-16)17-11-7-4-8-12-17;1-3-2/h3-15,21H,1-2H3;3H,1-2H3. The van der Waals surface area contributed by atoms with Crippen molar-refractivity contribution in [3.8, 4) is 11.5 Å². The Morgan fingerprint density at radius 3 is 1.62 bits per heavy atom. The van der Waals surface area contributed by atoms with E-state index in [1.807, 2.05) is 38.4 Å². The molecule has 0 saturated heterocycles. The predicted molar refractivity (Wildman–Crippen MR) is 108 cm³/mol. The lowest BCUT2D eigenvalue weighted by molar-refractivity contribution is 0.390. The van der Waals surface area contributed by atoms with E-state index in [0.29, 0.717) is 0 Å². The molecule has 0 aliphatic heterocycles. The van der Waals surface area contributed by atoms with Crippen molar-refractivity contribution in [1.29, 1.82) is 0 Å². The Balaban J connectivity index is 0.000000758. The van der Waals surface area contributed by atoms with Crippen molar-refractivity contribution in [2.24, 2.45) is 0 Å². The molecule has 0 unspecified atom stereocenters. The van der Waals surface area contributed by atoms with Gasteiger partial charge in [0.2, 0.25) is 0 Å². The fourth-order valence-electron chi connectivity index (χ4n) is 2.90. The Morgan fingerprint density at radius 1 is 0.692 bits per heavy atom. The molecule has 0 aromatic heterocycles. The van der Waals surface area contributed by atoms with Crippen LogP contribution in [0.3, 0.4) is 0 Å². The molecule has 0 aliphatic carbocycles. The Morgan fingerprint density at radius 2 is 1.19 bits per heavy atom. The van der Waals surface area contributed by atoms with Crippen LogP contribution < -0.4 is 14.8 Å². The van der Waals surface area contributed by atoms with Gasteiger partial charge in [0.05, 0.1) is 14.2 Å². The highest BCUT2D eigenvalue weighted by atomic mass is 16.5. The van der Waals surface area contributed by atoms with Crippen molar-refractivity contribution in [3.63, 3.8) is 0 Å². The molecule has 0 bridgehead atoms. The first-order valence-electron chi connectivity index (χ1n) is 8.65. The summed E-state index contributed by atoms with van der Waals surface area (Å²) in [5, 5.41) is 2.75. The number of rotatable bonds is 5. The molecule has 0 saturated carbocycles. The Kier molecular flexibility index (Phi) is 7.72. The molecule has 0 radical (unpaired) electrons. The van der Waals surface area contributed by atoms with Crippen LogP contribution in [0.1, 0.15) is 22.6 Å². The van der Waals surface area contributed by atoms with Crippen LogP contribution in [0.4, 0.5) is 0 Å². The number of ether oxygens (including phenoxy) is 2. The fourth-order valence-corrected chi connectivity index (χ4v) is 2.90. The molecule has 0 atom stereocenters. The van der Waals surface area contributed by atoms with Crippen LogP contribution in [-0.4, -0.2) is 28.3 Å². The van der Waals surface area contributed by atoms with Gasteiger partial charge in [0.1, 0.15) is 11.5 Å². The van der Waals surface area contributed by atoms with E-state index in [2.05, 4.69) is 59.9 Å². The Labute approximate surface area is 156 Å². The van der Waals surface area contributed by atoms with E-state index in [0.717, 1.165) is 17.1 Å². The van der Waals surface area contributed by atoms with E-state index in [1.165, 1.54) is 11.1 Å². The van der Waals surface area contributed by atoms with Gasteiger partial charge >= 0.3 is 0 Å². The second kappa shape index (κ2) is 10.3. The zero-order chi connectivity index (χ0) is 18.8. The highest BCUT2D eigenvalue weighted by molar-refractivity contribution is 5.51. The number of nitrogens with one attached hydrogen (secondary N) is 1. The smallest absolute Gasteiger partial charge is 0.126 e. The van der Waals surface area contributed by atoms with Crippen molar-refractivity contribution >= 4 is 0 Å². The van der Waals surface area contributed by atoms with Crippen LogP contribution in [0, 0.1) is 0 Å². The number of hydrogen-bond acceptors (Lipinski definition) is 3. The average molecular weight is 349 g/mol. The molecule has 0 fully saturated rings. The van der Waals surface area contributed by atoms with Crippen LogP contribution in [0.2, 0.25) is 0 Å². The van der Waals surface area contributed by atoms with Gasteiger partial charge in [-0.2, -0.15) is 0 Å². The monoisotopic (exact) mass is 349 g/mol. The lowest BCUT2D eigenvalue weighted by Crippen LogP contribution is -2.05. The van der Waals surface area contributed by atoms with Gasteiger partial charge in [-0.1, -0.05) is 66.7 Å². The maximum atomic E-state index is 5.63. The van der Waals surface area contributed by atoms with Crippen molar-refractivity contribution in [2.75, 3.05) is 28.3 Å². The van der Waals surface area contributed by atoms with Gasteiger partial charge in [-0.25, -0.2) is 0 Å². The summed E-state index contributed by atoms with van der Waals surface area (Å²) in [6.07, 6.45) is 0. The molecule has 3 aromatic rings. The van der Waals surface area contributed by atoms with Crippen molar-refractivity contribution in [1.82, 2.24) is 5.32 Å². The van der Waals surface area contributed by atoms with Crippen molar-refractivity contribution in [2.45, 2.75) is 5.92 Å². The Bertz CT molecular complexity index is 733. The van der Waals surface area contributed by atoms with Gasteiger partial charge in [-0.15, -0.1) is 0 Å². The normalized spacial score (nSPS) is 10.0. The van der Waals surface area contributed by atoms with E-state index in [9.17, 15) is 0 Å². The molecule has 0 heterocycles. The lowest BCUT2D eigenvalue weighted by atomic mass is 9.84. The first-order valence-corrected chi connectivity index (χ1v) is 8.65. The van der Waals surface area contributed by atoms with E-state index in [1.54, 1.807) is 14.2 Å². The van der Waals surface area contributed by atoms with Gasteiger partial charge in [0.15, 0.2) is 0 Å². The second-order valence-corrected chi connectivity index (χ2v) is 5.86. The summed E-state index contributed by atoms with van der Waals surface area (Å²) in [4.78, 5) is 0. The molecule has 136 valence electrons. The molecule has 3 rings (SSSR count). The van der Waals surface area contributed by atoms with Crippen LogP contribution >= 0.6 is 0 Å². The molecule has 26 heavy (non-hydrogen) atoms. The summed E-state index contributed by atoms with van der Waals surface area (Å²) in [5.74, 6) is 1.76. The topological polar surface area (TPSA) is 30.5 Å². The molecular formula is C23H27NO2. The fraction of sp³-hybridized carbons (Fsp3) is 0.217. The zero-order valence-electron chi connectivity index (χ0n) is 15.9. The highest BCUT2D eigenvalue weighted by Crippen LogP contribution is 2.38. The highest BCUT2D eigenvalue weighted by Gasteiger charge is 2.20. The van der Waals surface area contributed by atoms with Gasteiger partial charge in [-0.3, -0.25) is 0 Å². The molecule has 0 aliphatic rings. The van der Waals surface area contributed by atoms with E-state index >= 15 is 0 Å². The lowest BCUT2D eigenvalue weighted by Gasteiger charge is -2.21. The summed E-state index contributed by atoms with van der Waals surface area (Å²) in [5.41, 5.74) is 3.61. The zero-order valence-corrected chi connectivity index (χ0v) is 15.9. The number of benzene rings is 3. The van der Waals surface area contributed by atoms with Crippen LogP contribution in [-0.2, 0) is 0 Å². The molecular weight excluding hydrogens is 322 g/mol. The largest absolute Gasteiger partial charge is 0.497 e. The molecule has 0 spiro atoms. The van der Waals surface area contributed by atoms with Gasteiger partial charge in [0.25, 0.3) is 0 Å². The SMILES string of the molecule is CNC.COc1ccc(C(c2ccccc2)c2ccccc2)c(OC)c1. The van der Waals surface area contributed by atoms with Gasteiger partial charge in [-0.05, 0) is 31.3 Å². The minimum atomic E-state index is 0.123. The summed E-state index contributed by atoms with van der Waals surface area (Å²) in [6, 6.07) is 27.0. The third kappa shape index (κ3) is 4.87. The number of hydrogen-bond donors (Lipinski definition) is 1. The van der Waals surface area contributed by atoms with E-state index in [4.69, 9.17) is 9.47 Å². The van der Waals surface area contributed by atoms with Crippen molar-refractivity contribution in [3.05, 3.63) is 95.6 Å². The molecule has 1 N–H and O–H groups in total. The maximum absolute atomic E-state index is 5.63. The molecule has 3 aromatic carbocycles. The molecule has 0 amide bonds. The van der Waals surface area contributed by atoms with Crippen LogP contribution in [0.5, 0.6) is 11.5 Å². The summed E-state index contributed by atoms with van der Waals surface area (Å²) in [6.45, 7) is 0. The Hall–Kier alpha value is -2.78. The number of methoxy groups -OCH3 is 2. The third-order valence-electron chi connectivity index (χ3n) is 4.02. The quantitative estimate of drug-likeness (QED) is 0.676. The third-order valence-corrected chi connectivity index (χ3v) is 4.02. The summed E-state index contributed by atoms with van der Waals surface area (Å²) in [7, 11) is 7.12. The van der Waals surface area contributed by atoms with Crippen LogP contribution in [0.25, 0.3) is 0 Å². The van der Waals surface area contributed by atoms with Crippen molar-refractivity contribution < 1.29 is 9.47 Å². The average Bonchev–Trinajstić information content (AvgIpc) is 2.70. The molecule has 3 nitrogen and oxygen atoms in total. The van der Waals surface area contributed by atoms with Gasteiger partial charge < -0.3 is 14.8 Å². The first-order chi connectivity index (χ1) is 12.7. The van der Waals surface area contributed by atoms with E-state index < -0.39 is 0 Å². The van der Waals surface area contributed by atoms with Gasteiger partial charge in [0, 0.05) is 17.5 Å². The molecule has 3 heteroatoms. The summed E-state index contributed by atoms with van der Waals surface area (Å²) >= 11 is 0. The van der Waals surface area contributed by atoms with Crippen LogP contribution in [0.15, 0.2) is 78.9 Å². The second-order valence-electron chi connectivity index (χ2n) is 5.86. The predicted octanol–water partition coefficient (Wildman–Crippen LogP) is 4.72.